The Morgan fingerprint density at radius 3 is 1.66 bits per heavy atom. The summed E-state index contributed by atoms with van der Waals surface area (Å²) < 4.78 is 0. The Labute approximate surface area is 197 Å². The van der Waals surface area contributed by atoms with Crippen LogP contribution in [0.2, 0.25) is 25.7 Å². The molecule has 0 aliphatic rings. The zero-order valence-corrected chi connectivity index (χ0v) is 21.9. The summed E-state index contributed by atoms with van der Waals surface area (Å²) in [5.74, 6) is -1.05. The molecule has 0 unspecified atom stereocenters. The van der Waals surface area contributed by atoms with Gasteiger partial charge in [0.05, 0.1) is 6.42 Å². The lowest BCUT2D eigenvalue weighted by molar-refractivity contribution is -0.136. The predicted octanol–water partition coefficient (Wildman–Crippen LogP) is 8.17. The number of rotatable bonds is 20. The number of unbranched alkanes of at least 4 members (excludes halogenated alkanes) is 11. The second-order valence-electron chi connectivity index (χ2n) is 10.4. The summed E-state index contributed by atoms with van der Waals surface area (Å²) >= 11 is 0. The Kier molecular flexibility index (Phi) is 15.0. The van der Waals surface area contributed by atoms with Crippen LogP contribution in [0.15, 0.2) is 24.3 Å². The van der Waals surface area contributed by atoms with E-state index in [1.165, 1.54) is 76.7 Å². The third-order valence-electron chi connectivity index (χ3n) is 5.96. The standard InChI is InChI=1S/C27H47NO3Si/c1-32(2,3)23-15-13-11-9-7-5-4-6-8-10-12-14-22-28-25-18-16-24(17-19-25)26(29)20-21-27(30)31/h16-19,28H,4-15,20-23H2,1-3H3,(H,30,31). The molecular weight excluding hydrogens is 414 g/mol. The van der Waals surface area contributed by atoms with Gasteiger partial charge in [-0.25, -0.2) is 0 Å². The van der Waals surface area contributed by atoms with Crippen LogP contribution < -0.4 is 5.32 Å². The summed E-state index contributed by atoms with van der Waals surface area (Å²) in [7, 11) is -0.819. The van der Waals surface area contributed by atoms with Crippen LogP contribution in [0, 0.1) is 0 Å². The molecule has 0 heterocycles. The van der Waals surface area contributed by atoms with E-state index in [1.54, 1.807) is 12.1 Å². The fourth-order valence-electron chi connectivity index (χ4n) is 3.92. The highest BCUT2D eigenvalue weighted by Crippen LogP contribution is 2.17. The van der Waals surface area contributed by atoms with Gasteiger partial charge in [-0.05, 0) is 30.7 Å². The van der Waals surface area contributed by atoms with Crippen LogP contribution in [0.25, 0.3) is 0 Å². The van der Waals surface area contributed by atoms with Crippen LogP contribution in [-0.2, 0) is 4.79 Å². The molecule has 182 valence electrons. The smallest absolute Gasteiger partial charge is 0.303 e. The van der Waals surface area contributed by atoms with Gasteiger partial charge < -0.3 is 10.4 Å². The maximum absolute atomic E-state index is 11.9. The van der Waals surface area contributed by atoms with Crippen molar-refractivity contribution >= 4 is 25.5 Å². The third-order valence-corrected chi connectivity index (χ3v) is 7.81. The van der Waals surface area contributed by atoms with Crippen LogP contribution in [-0.4, -0.2) is 31.5 Å². The fraction of sp³-hybridized carbons (Fsp3) is 0.704. The van der Waals surface area contributed by atoms with Crippen molar-refractivity contribution in [3.63, 3.8) is 0 Å². The number of ketones is 1. The Bertz CT molecular complexity index is 637. The number of aliphatic carboxylic acids is 1. The average molecular weight is 462 g/mol. The highest BCUT2D eigenvalue weighted by Gasteiger charge is 2.11. The van der Waals surface area contributed by atoms with Gasteiger partial charge in [0, 0.05) is 32.3 Å². The number of carboxylic acid groups (broad SMARTS) is 1. The lowest BCUT2D eigenvalue weighted by Gasteiger charge is -2.14. The van der Waals surface area contributed by atoms with Gasteiger partial charge in [0.1, 0.15) is 0 Å². The summed E-state index contributed by atoms with van der Waals surface area (Å²) in [6.07, 6.45) is 16.4. The first-order valence-corrected chi connectivity index (χ1v) is 16.6. The molecule has 4 nitrogen and oxygen atoms in total. The Balaban J connectivity index is 1.91. The Hall–Kier alpha value is -1.62. The lowest BCUT2D eigenvalue weighted by atomic mass is 10.1. The first-order chi connectivity index (χ1) is 15.3. The number of hydrogen-bond donors (Lipinski definition) is 2. The molecule has 1 aromatic carbocycles. The van der Waals surface area contributed by atoms with E-state index >= 15 is 0 Å². The molecule has 0 atom stereocenters. The van der Waals surface area contributed by atoms with Crippen molar-refractivity contribution in [1.82, 2.24) is 0 Å². The first kappa shape index (κ1) is 28.4. The van der Waals surface area contributed by atoms with Gasteiger partial charge in [0.15, 0.2) is 5.78 Å². The molecule has 0 bridgehead atoms. The Morgan fingerprint density at radius 1 is 0.719 bits per heavy atom. The van der Waals surface area contributed by atoms with E-state index in [0.29, 0.717) is 5.56 Å². The molecular formula is C27H47NO3Si. The molecule has 0 saturated heterocycles. The van der Waals surface area contributed by atoms with Gasteiger partial charge >= 0.3 is 5.97 Å². The fourth-order valence-corrected chi connectivity index (χ4v) is 5.23. The minimum absolute atomic E-state index is 0.0565. The number of carbonyl (C=O) groups is 2. The largest absolute Gasteiger partial charge is 0.481 e. The van der Waals surface area contributed by atoms with Crippen molar-refractivity contribution in [3.05, 3.63) is 29.8 Å². The van der Waals surface area contributed by atoms with Crippen molar-refractivity contribution in [1.29, 1.82) is 0 Å². The van der Waals surface area contributed by atoms with Crippen molar-refractivity contribution < 1.29 is 14.7 Å². The van der Waals surface area contributed by atoms with Gasteiger partial charge in [-0.2, -0.15) is 0 Å². The number of nitrogens with one attached hydrogen (secondary N) is 1. The molecule has 0 radical (unpaired) electrons. The van der Waals surface area contributed by atoms with E-state index in [4.69, 9.17) is 5.11 Å². The summed E-state index contributed by atoms with van der Waals surface area (Å²) in [5, 5.41) is 12.1. The van der Waals surface area contributed by atoms with Crippen LogP contribution in [0.1, 0.15) is 100 Å². The zero-order valence-electron chi connectivity index (χ0n) is 20.9. The molecule has 0 aliphatic heterocycles. The van der Waals surface area contributed by atoms with Crippen molar-refractivity contribution in [3.8, 4) is 0 Å². The first-order valence-electron chi connectivity index (χ1n) is 12.9. The number of benzene rings is 1. The highest BCUT2D eigenvalue weighted by molar-refractivity contribution is 6.76. The minimum atomic E-state index is -0.935. The second kappa shape index (κ2) is 16.9. The molecule has 2 N–H and O–H groups in total. The Morgan fingerprint density at radius 2 is 1.19 bits per heavy atom. The molecule has 0 aliphatic carbocycles. The quantitative estimate of drug-likeness (QED) is 0.117. The van der Waals surface area contributed by atoms with E-state index in [0.717, 1.165) is 18.7 Å². The van der Waals surface area contributed by atoms with Gasteiger partial charge in [-0.15, -0.1) is 0 Å². The van der Waals surface area contributed by atoms with E-state index in [2.05, 4.69) is 25.0 Å². The normalized spacial score (nSPS) is 11.5. The van der Waals surface area contributed by atoms with Crippen LogP contribution in [0.4, 0.5) is 5.69 Å². The number of anilines is 1. The van der Waals surface area contributed by atoms with E-state index < -0.39 is 14.0 Å². The molecule has 5 heteroatoms. The van der Waals surface area contributed by atoms with Gasteiger partial charge in [-0.3, -0.25) is 9.59 Å². The van der Waals surface area contributed by atoms with Gasteiger partial charge in [0.25, 0.3) is 0 Å². The SMILES string of the molecule is C[Si](C)(C)CCCCCCCCCCCCCCNc1ccc(C(=O)CCC(=O)O)cc1. The topological polar surface area (TPSA) is 66.4 Å². The molecule has 32 heavy (non-hydrogen) atoms. The van der Waals surface area contributed by atoms with E-state index in [-0.39, 0.29) is 18.6 Å². The van der Waals surface area contributed by atoms with E-state index in [1.807, 2.05) is 12.1 Å². The summed E-state index contributed by atoms with van der Waals surface area (Å²) in [5.41, 5.74) is 1.60. The molecule has 0 fully saturated rings. The zero-order chi connectivity index (χ0) is 23.7. The van der Waals surface area contributed by atoms with Crippen LogP contribution in [0.5, 0.6) is 0 Å². The van der Waals surface area contributed by atoms with Crippen LogP contribution in [0.3, 0.4) is 0 Å². The highest BCUT2D eigenvalue weighted by atomic mass is 28.3. The molecule has 1 aromatic rings. The maximum atomic E-state index is 11.9. The third kappa shape index (κ3) is 16.1. The number of carboxylic acids is 1. The monoisotopic (exact) mass is 461 g/mol. The van der Waals surface area contributed by atoms with Crippen molar-refractivity contribution in [2.75, 3.05) is 11.9 Å². The summed E-state index contributed by atoms with van der Waals surface area (Å²) in [6.45, 7) is 8.37. The predicted molar refractivity (Wildman–Crippen MR) is 140 cm³/mol. The molecule has 0 saturated carbocycles. The minimum Gasteiger partial charge on any atom is -0.481 e. The number of hydrogen-bond acceptors (Lipinski definition) is 3. The van der Waals surface area contributed by atoms with Gasteiger partial charge in [0.2, 0.25) is 0 Å². The molecule has 0 aromatic heterocycles. The molecule has 0 amide bonds. The van der Waals surface area contributed by atoms with Crippen LogP contribution >= 0.6 is 0 Å². The average Bonchev–Trinajstić information content (AvgIpc) is 2.74. The summed E-state index contributed by atoms with van der Waals surface area (Å²) in [4.78, 5) is 22.5. The maximum Gasteiger partial charge on any atom is 0.303 e. The van der Waals surface area contributed by atoms with E-state index in [9.17, 15) is 9.59 Å². The van der Waals surface area contributed by atoms with Gasteiger partial charge in [-0.1, -0.05) is 96.3 Å². The second-order valence-corrected chi connectivity index (χ2v) is 16.0. The molecule has 0 spiro atoms. The van der Waals surface area contributed by atoms with Crippen molar-refractivity contribution in [2.45, 2.75) is 116 Å². The number of Topliss-reactive ketones (excluding diaryl/α,β-unsaturated/α-hetero) is 1. The van der Waals surface area contributed by atoms with Crippen molar-refractivity contribution in [2.24, 2.45) is 0 Å². The lowest BCUT2D eigenvalue weighted by Crippen LogP contribution is -2.18. The number of carbonyl (C=O) groups excluding carboxylic acids is 1. The molecule has 1 rings (SSSR count). The summed E-state index contributed by atoms with van der Waals surface area (Å²) in [6, 6.07) is 8.85.